The zero-order valence-corrected chi connectivity index (χ0v) is 16.0. The predicted molar refractivity (Wildman–Crippen MR) is 101 cm³/mol. The third kappa shape index (κ3) is 11.2. The fourth-order valence-corrected chi connectivity index (χ4v) is 2.58. The SMILES string of the molecule is COCCN(C)CCCN=C(N)NC1CCCCCC1.I. The van der Waals surface area contributed by atoms with Gasteiger partial charge in [0.1, 0.15) is 0 Å². The standard InChI is InChI=1S/C15H32N4O.HI/c1-19(12-13-20-2)11-7-10-17-15(16)18-14-8-5-3-4-6-9-14;/h14H,3-13H2,1-2H3,(H3,16,17,18);1H. The summed E-state index contributed by atoms with van der Waals surface area (Å²) in [5.74, 6) is 0.622. The molecule has 3 N–H and O–H groups in total. The molecule has 1 fully saturated rings. The summed E-state index contributed by atoms with van der Waals surface area (Å²) >= 11 is 0. The van der Waals surface area contributed by atoms with Gasteiger partial charge in [0.2, 0.25) is 0 Å². The van der Waals surface area contributed by atoms with E-state index < -0.39 is 0 Å². The van der Waals surface area contributed by atoms with E-state index in [9.17, 15) is 0 Å². The van der Waals surface area contributed by atoms with E-state index in [1.165, 1.54) is 38.5 Å². The van der Waals surface area contributed by atoms with Crippen LogP contribution < -0.4 is 11.1 Å². The van der Waals surface area contributed by atoms with Crippen LogP contribution in [0.3, 0.4) is 0 Å². The monoisotopic (exact) mass is 412 g/mol. The van der Waals surface area contributed by atoms with E-state index in [0.717, 1.165) is 32.7 Å². The highest BCUT2D eigenvalue weighted by atomic mass is 127. The molecule has 0 spiro atoms. The average Bonchev–Trinajstić information content (AvgIpc) is 2.70. The van der Waals surface area contributed by atoms with E-state index in [1.54, 1.807) is 7.11 Å². The highest BCUT2D eigenvalue weighted by Crippen LogP contribution is 2.16. The van der Waals surface area contributed by atoms with Crippen LogP contribution in [-0.2, 0) is 4.74 Å². The predicted octanol–water partition coefficient (Wildman–Crippen LogP) is 2.20. The Kier molecular flexibility index (Phi) is 13.5. The van der Waals surface area contributed by atoms with E-state index in [2.05, 4.69) is 22.3 Å². The molecule has 0 amide bonds. The summed E-state index contributed by atoms with van der Waals surface area (Å²) in [6.07, 6.45) is 8.86. The van der Waals surface area contributed by atoms with Gasteiger partial charge in [0.15, 0.2) is 5.96 Å². The summed E-state index contributed by atoms with van der Waals surface area (Å²) in [6.45, 7) is 3.58. The Morgan fingerprint density at radius 3 is 2.52 bits per heavy atom. The first kappa shape index (κ1) is 20.9. The first-order valence-electron chi connectivity index (χ1n) is 7.96. The Hall–Kier alpha value is -0.0800. The van der Waals surface area contributed by atoms with Crippen molar-refractivity contribution in [3.05, 3.63) is 0 Å². The molecule has 5 nitrogen and oxygen atoms in total. The van der Waals surface area contributed by atoms with Crippen LogP contribution in [-0.4, -0.2) is 57.3 Å². The van der Waals surface area contributed by atoms with Gasteiger partial charge in [-0.15, -0.1) is 24.0 Å². The van der Waals surface area contributed by atoms with Gasteiger partial charge in [-0.1, -0.05) is 25.7 Å². The summed E-state index contributed by atoms with van der Waals surface area (Å²) in [6, 6.07) is 0.533. The second-order valence-corrected chi connectivity index (χ2v) is 5.75. The Labute approximate surface area is 147 Å². The molecule has 1 aliphatic rings. The smallest absolute Gasteiger partial charge is 0.188 e. The molecule has 0 aromatic carbocycles. The number of nitrogens with two attached hydrogens (primary N) is 1. The number of likely N-dealkylation sites (N-methyl/N-ethyl adjacent to an activating group) is 1. The zero-order valence-electron chi connectivity index (χ0n) is 13.6. The zero-order chi connectivity index (χ0) is 14.6. The van der Waals surface area contributed by atoms with E-state index in [0.29, 0.717) is 12.0 Å². The van der Waals surface area contributed by atoms with E-state index in [4.69, 9.17) is 10.5 Å². The number of rotatable bonds is 8. The Morgan fingerprint density at radius 1 is 1.24 bits per heavy atom. The highest BCUT2D eigenvalue weighted by Gasteiger charge is 2.11. The van der Waals surface area contributed by atoms with Gasteiger partial charge in [-0.3, -0.25) is 4.99 Å². The minimum absolute atomic E-state index is 0. The lowest BCUT2D eigenvalue weighted by Gasteiger charge is -2.17. The van der Waals surface area contributed by atoms with Crippen molar-refractivity contribution in [1.82, 2.24) is 10.2 Å². The fraction of sp³-hybridized carbons (Fsp3) is 0.933. The van der Waals surface area contributed by atoms with Crippen molar-refractivity contribution >= 4 is 29.9 Å². The van der Waals surface area contributed by atoms with Crippen molar-refractivity contribution in [3.8, 4) is 0 Å². The van der Waals surface area contributed by atoms with Gasteiger partial charge in [-0.2, -0.15) is 0 Å². The highest BCUT2D eigenvalue weighted by molar-refractivity contribution is 14.0. The molecule has 0 heterocycles. The number of methoxy groups -OCH3 is 1. The summed E-state index contributed by atoms with van der Waals surface area (Å²) in [5.41, 5.74) is 5.96. The van der Waals surface area contributed by atoms with E-state index in [1.807, 2.05) is 0 Å². The van der Waals surface area contributed by atoms with Gasteiger partial charge in [-0.25, -0.2) is 0 Å². The molecular weight excluding hydrogens is 379 g/mol. The minimum atomic E-state index is 0. The van der Waals surface area contributed by atoms with Gasteiger partial charge in [0, 0.05) is 26.2 Å². The van der Waals surface area contributed by atoms with Gasteiger partial charge in [0.25, 0.3) is 0 Å². The molecule has 126 valence electrons. The Bertz CT molecular complexity index is 268. The molecular formula is C15H33IN4O. The molecule has 6 heteroatoms. The molecule has 1 rings (SSSR count). The Morgan fingerprint density at radius 2 is 1.90 bits per heavy atom. The van der Waals surface area contributed by atoms with Gasteiger partial charge >= 0.3 is 0 Å². The van der Waals surface area contributed by atoms with Crippen LogP contribution in [0.15, 0.2) is 4.99 Å². The normalized spacial score (nSPS) is 17.4. The summed E-state index contributed by atoms with van der Waals surface area (Å²) in [7, 11) is 3.84. The summed E-state index contributed by atoms with van der Waals surface area (Å²) < 4.78 is 5.05. The van der Waals surface area contributed by atoms with Gasteiger partial charge in [-0.05, 0) is 32.9 Å². The van der Waals surface area contributed by atoms with Crippen LogP contribution in [0.25, 0.3) is 0 Å². The molecule has 0 bridgehead atoms. The number of aliphatic imine (C=N–C) groups is 1. The molecule has 21 heavy (non-hydrogen) atoms. The first-order valence-corrected chi connectivity index (χ1v) is 7.96. The number of ether oxygens (including phenoxy) is 1. The van der Waals surface area contributed by atoms with Crippen molar-refractivity contribution in [2.75, 3.05) is 40.4 Å². The van der Waals surface area contributed by atoms with Crippen molar-refractivity contribution in [2.45, 2.75) is 51.0 Å². The molecule has 0 unspecified atom stereocenters. The van der Waals surface area contributed by atoms with E-state index in [-0.39, 0.29) is 24.0 Å². The third-order valence-electron chi connectivity index (χ3n) is 3.86. The lowest BCUT2D eigenvalue weighted by atomic mass is 10.1. The second-order valence-electron chi connectivity index (χ2n) is 5.75. The number of halogens is 1. The Balaban J connectivity index is 0.00000400. The molecule has 1 saturated carbocycles. The maximum Gasteiger partial charge on any atom is 0.188 e. The lowest BCUT2D eigenvalue weighted by molar-refractivity contribution is 0.161. The van der Waals surface area contributed by atoms with Gasteiger partial charge < -0.3 is 20.7 Å². The quantitative estimate of drug-likeness (QED) is 0.211. The topological polar surface area (TPSA) is 62.9 Å². The summed E-state index contributed by atoms with van der Waals surface area (Å²) in [5, 5.41) is 3.38. The van der Waals surface area contributed by atoms with Crippen LogP contribution in [0.4, 0.5) is 0 Å². The van der Waals surface area contributed by atoms with Crippen molar-refractivity contribution in [1.29, 1.82) is 0 Å². The second kappa shape index (κ2) is 13.6. The molecule has 0 radical (unpaired) electrons. The van der Waals surface area contributed by atoms with Crippen LogP contribution in [0.5, 0.6) is 0 Å². The fourth-order valence-electron chi connectivity index (χ4n) is 2.58. The number of nitrogens with one attached hydrogen (secondary N) is 1. The molecule has 0 aromatic rings. The number of nitrogens with zero attached hydrogens (tertiary/aromatic N) is 2. The van der Waals surface area contributed by atoms with Crippen LogP contribution in [0.1, 0.15) is 44.9 Å². The maximum atomic E-state index is 5.96. The molecule has 1 aliphatic carbocycles. The average molecular weight is 412 g/mol. The van der Waals surface area contributed by atoms with Crippen LogP contribution in [0.2, 0.25) is 0 Å². The van der Waals surface area contributed by atoms with Crippen molar-refractivity contribution < 1.29 is 4.74 Å². The molecule has 0 saturated heterocycles. The summed E-state index contributed by atoms with van der Waals surface area (Å²) in [4.78, 5) is 6.68. The largest absolute Gasteiger partial charge is 0.383 e. The minimum Gasteiger partial charge on any atom is -0.383 e. The number of hydrogen-bond acceptors (Lipinski definition) is 3. The van der Waals surface area contributed by atoms with Crippen LogP contribution >= 0.6 is 24.0 Å². The third-order valence-corrected chi connectivity index (χ3v) is 3.86. The molecule has 0 aliphatic heterocycles. The molecule has 0 atom stereocenters. The van der Waals surface area contributed by atoms with Crippen molar-refractivity contribution in [3.63, 3.8) is 0 Å². The number of guanidine groups is 1. The van der Waals surface area contributed by atoms with Crippen LogP contribution in [0, 0.1) is 0 Å². The van der Waals surface area contributed by atoms with E-state index >= 15 is 0 Å². The van der Waals surface area contributed by atoms with Gasteiger partial charge in [0.05, 0.1) is 6.61 Å². The maximum absolute atomic E-state index is 5.96. The first-order chi connectivity index (χ1) is 9.72. The van der Waals surface area contributed by atoms with Crippen molar-refractivity contribution in [2.24, 2.45) is 10.7 Å². The lowest BCUT2D eigenvalue weighted by Crippen LogP contribution is -2.40. The molecule has 0 aromatic heterocycles. The number of hydrogen-bond donors (Lipinski definition) is 2.